The summed E-state index contributed by atoms with van der Waals surface area (Å²) >= 11 is 0. The predicted molar refractivity (Wildman–Crippen MR) is 64.9 cm³/mol. The number of hydrogen-bond acceptors (Lipinski definition) is 1. The highest BCUT2D eigenvalue weighted by molar-refractivity contribution is 5.20. The fourth-order valence-electron chi connectivity index (χ4n) is 2.52. The van der Waals surface area contributed by atoms with Crippen LogP contribution in [0.25, 0.3) is 0 Å². The van der Waals surface area contributed by atoms with Gasteiger partial charge in [0.2, 0.25) is 0 Å². The third kappa shape index (κ3) is 2.62. The zero-order chi connectivity index (χ0) is 11.4. The summed E-state index contributed by atoms with van der Waals surface area (Å²) in [6.07, 6.45) is 4.99. The van der Waals surface area contributed by atoms with E-state index < -0.39 is 0 Å². The van der Waals surface area contributed by atoms with Crippen molar-refractivity contribution in [3.05, 3.63) is 35.6 Å². The van der Waals surface area contributed by atoms with E-state index in [2.05, 4.69) is 11.8 Å². The number of nitrogens with zero attached hydrogens (tertiary/aromatic N) is 1. The fraction of sp³-hybridized carbons (Fsp3) is 0.571. The van der Waals surface area contributed by atoms with Gasteiger partial charge in [-0.25, -0.2) is 4.39 Å². The van der Waals surface area contributed by atoms with Crippen LogP contribution in [-0.4, -0.2) is 18.0 Å². The van der Waals surface area contributed by atoms with E-state index in [0.29, 0.717) is 6.04 Å². The van der Waals surface area contributed by atoms with Crippen molar-refractivity contribution < 1.29 is 4.39 Å². The van der Waals surface area contributed by atoms with Gasteiger partial charge in [0.15, 0.2) is 0 Å². The van der Waals surface area contributed by atoms with Gasteiger partial charge in [-0.05, 0) is 50.0 Å². The van der Waals surface area contributed by atoms with Gasteiger partial charge >= 0.3 is 0 Å². The van der Waals surface area contributed by atoms with Gasteiger partial charge in [-0.3, -0.25) is 4.90 Å². The van der Waals surface area contributed by atoms with E-state index in [4.69, 9.17) is 0 Å². The third-order valence-corrected chi connectivity index (χ3v) is 3.42. The minimum absolute atomic E-state index is 0.137. The van der Waals surface area contributed by atoms with Crippen molar-refractivity contribution in [2.24, 2.45) is 0 Å². The maximum atomic E-state index is 12.9. The van der Waals surface area contributed by atoms with Crippen molar-refractivity contribution in [1.82, 2.24) is 4.90 Å². The van der Waals surface area contributed by atoms with Crippen molar-refractivity contribution in [1.29, 1.82) is 0 Å². The first kappa shape index (κ1) is 11.6. The molecular formula is C14H20FN. The van der Waals surface area contributed by atoms with E-state index in [1.54, 1.807) is 12.1 Å². The molecule has 1 atom stereocenters. The Labute approximate surface area is 97.3 Å². The topological polar surface area (TPSA) is 3.24 Å². The SMILES string of the molecule is CCCCN1CCC[C@H]1c1ccc(F)cc1. The van der Waals surface area contributed by atoms with Gasteiger partial charge in [0.25, 0.3) is 0 Å². The molecule has 16 heavy (non-hydrogen) atoms. The van der Waals surface area contributed by atoms with Gasteiger partial charge in [-0.15, -0.1) is 0 Å². The average molecular weight is 221 g/mol. The van der Waals surface area contributed by atoms with Crippen molar-refractivity contribution in [3.63, 3.8) is 0 Å². The number of rotatable bonds is 4. The van der Waals surface area contributed by atoms with Crippen molar-refractivity contribution in [3.8, 4) is 0 Å². The zero-order valence-electron chi connectivity index (χ0n) is 9.95. The number of unbranched alkanes of at least 4 members (excludes halogenated alkanes) is 1. The first-order valence-electron chi connectivity index (χ1n) is 6.31. The average Bonchev–Trinajstić information content (AvgIpc) is 2.75. The standard InChI is InChI=1S/C14H20FN/c1-2-3-10-16-11-4-5-14(16)12-6-8-13(15)9-7-12/h6-9,14H,2-5,10-11H2,1H3/t14-/m0/s1. The van der Waals surface area contributed by atoms with E-state index in [1.165, 1.54) is 44.3 Å². The summed E-state index contributed by atoms with van der Waals surface area (Å²) < 4.78 is 12.9. The second-order valence-electron chi connectivity index (χ2n) is 4.60. The van der Waals surface area contributed by atoms with Crippen LogP contribution in [0, 0.1) is 5.82 Å². The summed E-state index contributed by atoms with van der Waals surface area (Å²) in [5.74, 6) is -0.137. The minimum Gasteiger partial charge on any atom is -0.296 e. The smallest absolute Gasteiger partial charge is 0.123 e. The third-order valence-electron chi connectivity index (χ3n) is 3.42. The van der Waals surface area contributed by atoms with E-state index in [-0.39, 0.29) is 5.82 Å². The molecule has 1 fully saturated rings. The molecule has 0 N–H and O–H groups in total. The monoisotopic (exact) mass is 221 g/mol. The lowest BCUT2D eigenvalue weighted by atomic mass is 10.0. The number of halogens is 1. The van der Waals surface area contributed by atoms with Gasteiger partial charge in [0.05, 0.1) is 0 Å². The highest BCUT2D eigenvalue weighted by Crippen LogP contribution is 2.31. The summed E-state index contributed by atoms with van der Waals surface area (Å²) in [5, 5.41) is 0. The minimum atomic E-state index is -0.137. The Balaban J connectivity index is 2.04. The van der Waals surface area contributed by atoms with Crippen LogP contribution in [0.1, 0.15) is 44.2 Å². The largest absolute Gasteiger partial charge is 0.296 e. The lowest BCUT2D eigenvalue weighted by Gasteiger charge is -2.24. The van der Waals surface area contributed by atoms with Crippen LogP contribution in [0.2, 0.25) is 0 Å². The van der Waals surface area contributed by atoms with Crippen LogP contribution in [-0.2, 0) is 0 Å². The Hall–Kier alpha value is -0.890. The molecule has 0 amide bonds. The molecule has 1 aromatic carbocycles. The Morgan fingerprint density at radius 1 is 1.31 bits per heavy atom. The van der Waals surface area contributed by atoms with E-state index >= 15 is 0 Å². The molecule has 1 aromatic rings. The summed E-state index contributed by atoms with van der Waals surface area (Å²) in [6, 6.07) is 7.54. The Morgan fingerprint density at radius 2 is 2.06 bits per heavy atom. The molecule has 0 aromatic heterocycles. The highest BCUT2D eigenvalue weighted by atomic mass is 19.1. The molecule has 1 nitrogen and oxygen atoms in total. The van der Waals surface area contributed by atoms with Crippen LogP contribution >= 0.6 is 0 Å². The molecule has 0 saturated carbocycles. The summed E-state index contributed by atoms with van der Waals surface area (Å²) in [4.78, 5) is 2.54. The predicted octanol–water partition coefficient (Wildman–Crippen LogP) is 3.76. The van der Waals surface area contributed by atoms with Crippen molar-refractivity contribution in [2.75, 3.05) is 13.1 Å². The molecule has 0 unspecified atom stereocenters. The second kappa shape index (κ2) is 5.44. The zero-order valence-corrected chi connectivity index (χ0v) is 9.95. The van der Waals surface area contributed by atoms with Crippen molar-refractivity contribution in [2.45, 2.75) is 38.6 Å². The fourth-order valence-corrected chi connectivity index (χ4v) is 2.52. The highest BCUT2D eigenvalue weighted by Gasteiger charge is 2.24. The molecule has 2 heteroatoms. The lowest BCUT2D eigenvalue weighted by Crippen LogP contribution is -2.24. The molecule has 88 valence electrons. The van der Waals surface area contributed by atoms with Crippen molar-refractivity contribution >= 4 is 0 Å². The molecule has 1 aliphatic heterocycles. The van der Waals surface area contributed by atoms with Gasteiger partial charge in [-0.2, -0.15) is 0 Å². The molecule has 1 heterocycles. The normalized spacial score (nSPS) is 21.5. The van der Waals surface area contributed by atoms with Gasteiger partial charge < -0.3 is 0 Å². The molecule has 2 rings (SSSR count). The van der Waals surface area contributed by atoms with Crippen LogP contribution in [0.5, 0.6) is 0 Å². The number of benzene rings is 1. The van der Waals surface area contributed by atoms with Gasteiger partial charge in [0, 0.05) is 6.04 Å². The molecule has 0 bridgehead atoms. The van der Waals surface area contributed by atoms with E-state index in [9.17, 15) is 4.39 Å². The molecule has 0 spiro atoms. The molecule has 0 aliphatic carbocycles. The Morgan fingerprint density at radius 3 is 2.75 bits per heavy atom. The van der Waals surface area contributed by atoms with Crippen LogP contribution in [0.3, 0.4) is 0 Å². The Kier molecular flexibility index (Phi) is 3.94. The molecule has 1 aliphatic rings. The summed E-state index contributed by atoms with van der Waals surface area (Å²) in [7, 11) is 0. The van der Waals surface area contributed by atoms with Crippen LogP contribution in [0.15, 0.2) is 24.3 Å². The maximum Gasteiger partial charge on any atom is 0.123 e. The summed E-state index contributed by atoms with van der Waals surface area (Å²) in [6.45, 7) is 4.60. The maximum absolute atomic E-state index is 12.9. The van der Waals surface area contributed by atoms with Gasteiger partial charge in [-0.1, -0.05) is 25.5 Å². The quantitative estimate of drug-likeness (QED) is 0.748. The first-order valence-corrected chi connectivity index (χ1v) is 6.31. The number of hydrogen-bond donors (Lipinski definition) is 0. The van der Waals surface area contributed by atoms with Gasteiger partial charge in [0.1, 0.15) is 5.82 Å². The Bertz CT molecular complexity index is 320. The number of likely N-dealkylation sites (tertiary alicyclic amines) is 1. The first-order chi connectivity index (χ1) is 7.81. The van der Waals surface area contributed by atoms with Crippen LogP contribution < -0.4 is 0 Å². The van der Waals surface area contributed by atoms with E-state index in [0.717, 1.165) is 0 Å². The summed E-state index contributed by atoms with van der Waals surface area (Å²) in [5.41, 5.74) is 1.27. The van der Waals surface area contributed by atoms with Crippen LogP contribution in [0.4, 0.5) is 4.39 Å². The molecular weight excluding hydrogens is 201 g/mol. The molecule has 1 saturated heterocycles. The second-order valence-corrected chi connectivity index (χ2v) is 4.60. The lowest BCUT2D eigenvalue weighted by molar-refractivity contribution is 0.253. The molecule has 0 radical (unpaired) electrons. The van der Waals surface area contributed by atoms with E-state index in [1.807, 2.05) is 12.1 Å².